The molecule has 22 heavy (non-hydrogen) atoms. The van der Waals surface area contributed by atoms with Crippen LogP contribution in [0, 0.1) is 11.8 Å². The highest BCUT2D eigenvalue weighted by Gasteiger charge is 2.45. The monoisotopic (exact) mass is 326 g/mol. The first kappa shape index (κ1) is 15.3. The lowest BCUT2D eigenvalue weighted by Gasteiger charge is -2.19. The second-order valence-electron chi connectivity index (χ2n) is 5.76. The van der Waals surface area contributed by atoms with Gasteiger partial charge in [0.05, 0.1) is 36.9 Å². The summed E-state index contributed by atoms with van der Waals surface area (Å²) in [4.78, 5) is 14.1. The Bertz CT molecular complexity index is 651. The third-order valence-electron chi connectivity index (χ3n) is 4.17. The lowest BCUT2D eigenvalue weighted by molar-refractivity contribution is 0.0678. The Morgan fingerprint density at radius 2 is 2.27 bits per heavy atom. The summed E-state index contributed by atoms with van der Waals surface area (Å²) in [6.07, 6.45) is 4.05. The first-order chi connectivity index (χ1) is 10.4. The SMILES string of the molecule is CS(=O)(=O)NC[C@@H]1CO[C@@H]2CN(C(=O)c3ccnnc3)C[C@H]12. The summed E-state index contributed by atoms with van der Waals surface area (Å²) in [6.45, 7) is 1.97. The van der Waals surface area contributed by atoms with Crippen molar-refractivity contribution in [2.45, 2.75) is 6.10 Å². The van der Waals surface area contributed by atoms with E-state index >= 15 is 0 Å². The van der Waals surface area contributed by atoms with Gasteiger partial charge >= 0.3 is 0 Å². The summed E-state index contributed by atoms with van der Waals surface area (Å²) in [7, 11) is -3.21. The molecular weight excluding hydrogens is 308 g/mol. The van der Waals surface area contributed by atoms with Crippen LogP contribution in [0.3, 0.4) is 0 Å². The summed E-state index contributed by atoms with van der Waals surface area (Å²) in [5.74, 6) is 0.156. The molecule has 0 saturated carbocycles. The van der Waals surface area contributed by atoms with Gasteiger partial charge in [0.15, 0.2) is 0 Å². The van der Waals surface area contributed by atoms with Gasteiger partial charge in [-0.2, -0.15) is 10.2 Å². The van der Waals surface area contributed by atoms with Crippen molar-refractivity contribution in [3.8, 4) is 0 Å². The van der Waals surface area contributed by atoms with Crippen molar-refractivity contribution in [3.63, 3.8) is 0 Å². The number of nitrogens with one attached hydrogen (secondary N) is 1. The fourth-order valence-electron chi connectivity index (χ4n) is 3.03. The molecule has 8 nitrogen and oxygen atoms in total. The summed E-state index contributed by atoms with van der Waals surface area (Å²) in [5, 5.41) is 7.38. The molecule has 9 heteroatoms. The number of amides is 1. The number of carbonyl (C=O) groups excluding carboxylic acids is 1. The highest BCUT2D eigenvalue weighted by atomic mass is 32.2. The van der Waals surface area contributed by atoms with E-state index in [0.717, 1.165) is 6.26 Å². The van der Waals surface area contributed by atoms with Gasteiger partial charge in [-0.3, -0.25) is 4.79 Å². The largest absolute Gasteiger partial charge is 0.376 e. The third-order valence-corrected chi connectivity index (χ3v) is 4.86. The highest BCUT2D eigenvalue weighted by Crippen LogP contribution is 2.33. The van der Waals surface area contributed by atoms with E-state index in [1.54, 1.807) is 11.0 Å². The molecule has 2 aliphatic rings. The van der Waals surface area contributed by atoms with Gasteiger partial charge in [0.2, 0.25) is 10.0 Å². The standard InChI is InChI=1S/C13H18N4O4S/c1-22(19,20)16-5-10-8-21-12-7-17(6-11(10)12)13(18)9-2-3-14-15-4-9/h2-4,10-12,16H,5-8H2,1H3/t10-,11-,12-/m1/s1. The minimum Gasteiger partial charge on any atom is -0.376 e. The number of sulfonamides is 1. The Labute approximate surface area is 128 Å². The lowest BCUT2D eigenvalue weighted by atomic mass is 9.93. The number of likely N-dealkylation sites (tertiary alicyclic amines) is 1. The average Bonchev–Trinajstić information content (AvgIpc) is 3.05. The van der Waals surface area contributed by atoms with Gasteiger partial charge in [0.1, 0.15) is 0 Å². The normalized spacial score (nSPS) is 27.9. The van der Waals surface area contributed by atoms with Gasteiger partial charge in [-0.15, -0.1) is 0 Å². The summed E-state index contributed by atoms with van der Waals surface area (Å²) >= 11 is 0. The van der Waals surface area contributed by atoms with E-state index in [2.05, 4.69) is 14.9 Å². The van der Waals surface area contributed by atoms with Crippen LogP contribution in [0.5, 0.6) is 0 Å². The molecule has 1 amide bonds. The van der Waals surface area contributed by atoms with Crippen molar-refractivity contribution in [1.82, 2.24) is 19.8 Å². The highest BCUT2D eigenvalue weighted by molar-refractivity contribution is 7.88. The number of nitrogens with zero attached hydrogens (tertiary/aromatic N) is 3. The Hall–Kier alpha value is -1.58. The minimum absolute atomic E-state index is 0.0230. The zero-order chi connectivity index (χ0) is 15.7. The van der Waals surface area contributed by atoms with Crippen LogP contribution in [-0.2, 0) is 14.8 Å². The van der Waals surface area contributed by atoms with Gasteiger partial charge < -0.3 is 9.64 Å². The number of carbonyl (C=O) groups is 1. The average molecular weight is 326 g/mol. The molecule has 3 heterocycles. The smallest absolute Gasteiger partial charge is 0.255 e. The quantitative estimate of drug-likeness (QED) is 0.770. The Kier molecular flexibility index (Phi) is 4.11. The first-order valence-electron chi connectivity index (χ1n) is 7.06. The first-order valence-corrected chi connectivity index (χ1v) is 8.95. The van der Waals surface area contributed by atoms with Crippen molar-refractivity contribution in [2.24, 2.45) is 11.8 Å². The molecule has 120 valence electrons. The van der Waals surface area contributed by atoms with Gasteiger partial charge in [-0.25, -0.2) is 13.1 Å². The van der Waals surface area contributed by atoms with Crippen LogP contribution in [0.4, 0.5) is 0 Å². The van der Waals surface area contributed by atoms with E-state index in [-0.39, 0.29) is 23.8 Å². The second-order valence-corrected chi connectivity index (χ2v) is 7.59. The van der Waals surface area contributed by atoms with Crippen LogP contribution in [0.15, 0.2) is 18.5 Å². The van der Waals surface area contributed by atoms with Crippen LogP contribution >= 0.6 is 0 Å². The fourth-order valence-corrected chi connectivity index (χ4v) is 3.55. The summed E-state index contributed by atoms with van der Waals surface area (Å²) < 4.78 is 30.7. The molecule has 1 aromatic rings. The van der Waals surface area contributed by atoms with Crippen LogP contribution in [0.25, 0.3) is 0 Å². The molecule has 1 aromatic heterocycles. The fraction of sp³-hybridized carbons (Fsp3) is 0.615. The molecular formula is C13H18N4O4S. The lowest BCUT2D eigenvalue weighted by Crippen LogP contribution is -2.35. The van der Waals surface area contributed by atoms with Crippen molar-refractivity contribution < 1.29 is 17.9 Å². The number of ether oxygens (including phenoxy) is 1. The van der Waals surface area contributed by atoms with Crippen LogP contribution < -0.4 is 4.72 Å². The zero-order valence-electron chi connectivity index (χ0n) is 12.2. The maximum atomic E-state index is 12.4. The molecule has 3 atom stereocenters. The Morgan fingerprint density at radius 3 is 2.95 bits per heavy atom. The van der Waals surface area contributed by atoms with Gasteiger partial charge in [0, 0.05) is 31.5 Å². The Balaban J connectivity index is 1.63. The number of aromatic nitrogens is 2. The van der Waals surface area contributed by atoms with Crippen molar-refractivity contribution in [1.29, 1.82) is 0 Å². The van der Waals surface area contributed by atoms with E-state index < -0.39 is 10.0 Å². The van der Waals surface area contributed by atoms with Gasteiger partial charge in [-0.05, 0) is 6.07 Å². The summed E-state index contributed by atoms with van der Waals surface area (Å²) in [6, 6.07) is 1.63. The van der Waals surface area contributed by atoms with E-state index in [0.29, 0.717) is 31.8 Å². The second kappa shape index (κ2) is 5.90. The molecule has 0 spiro atoms. The minimum atomic E-state index is -3.21. The predicted octanol–water partition coefficient (Wildman–Crippen LogP) is -0.887. The van der Waals surface area contributed by atoms with E-state index in [4.69, 9.17) is 4.74 Å². The van der Waals surface area contributed by atoms with Gasteiger partial charge in [-0.1, -0.05) is 0 Å². The maximum Gasteiger partial charge on any atom is 0.255 e. The van der Waals surface area contributed by atoms with E-state index in [1.807, 2.05) is 0 Å². The molecule has 0 aliphatic carbocycles. The van der Waals surface area contributed by atoms with Gasteiger partial charge in [0.25, 0.3) is 5.91 Å². The van der Waals surface area contributed by atoms with E-state index in [9.17, 15) is 13.2 Å². The molecule has 0 bridgehead atoms. The summed E-state index contributed by atoms with van der Waals surface area (Å²) in [5.41, 5.74) is 0.501. The Morgan fingerprint density at radius 1 is 1.45 bits per heavy atom. The number of fused-ring (bicyclic) bond motifs is 1. The molecule has 0 aromatic carbocycles. The van der Waals surface area contributed by atoms with Crippen LogP contribution in [-0.4, -0.2) is 68.0 Å². The zero-order valence-corrected chi connectivity index (χ0v) is 13.0. The molecule has 0 unspecified atom stereocenters. The third kappa shape index (κ3) is 3.26. The van der Waals surface area contributed by atoms with E-state index in [1.165, 1.54) is 12.4 Å². The van der Waals surface area contributed by atoms with Crippen molar-refractivity contribution in [2.75, 3.05) is 32.5 Å². The number of hydrogen-bond acceptors (Lipinski definition) is 6. The van der Waals surface area contributed by atoms with Crippen molar-refractivity contribution >= 4 is 15.9 Å². The molecule has 1 N–H and O–H groups in total. The number of rotatable bonds is 4. The predicted molar refractivity (Wildman–Crippen MR) is 77.5 cm³/mol. The topological polar surface area (TPSA) is 101 Å². The molecule has 2 saturated heterocycles. The van der Waals surface area contributed by atoms with Crippen LogP contribution in [0.2, 0.25) is 0 Å². The molecule has 2 aliphatic heterocycles. The van der Waals surface area contributed by atoms with Crippen molar-refractivity contribution in [3.05, 3.63) is 24.0 Å². The molecule has 3 rings (SSSR count). The molecule has 2 fully saturated rings. The maximum absolute atomic E-state index is 12.4. The molecule has 0 radical (unpaired) electrons. The number of hydrogen-bond donors (Lipinski definition) is 1. The van der Waals surface area contributed by atoms with Crippen LogP contribution in [0.1, 0.15) is 10.4 Å².